The van der Waals surface area contributed by atoms with Gasteiger partial charge < -0.3 is 0 Å². The van der Waals surface area contributed by atoms with Crippen molar-refractivity contribution in [2.75, 3.05) is 0 Å². The third kappa shape index (κ3) is 4.24. The van der Waals surface area contributed by atoms with Crippen molar-refractivity contribution in [3.63, 3.8) is 0 Å². The van der Waals surface area contributed by atoms with E-state index in [2.05, 4.69) is 20.8 Å². The van der Waals surface area contributed by atoms with Gasteiger partial charge >= 0.3 is 0 Å². The smallest absolute Gasteiger partial charge is 0.263 e. The van der Waals surface area contributed by atoms with Gasteiger partial charge in [-0.05, 0) is 49.7 Å². The summed E-state index contributed by atoms with van der Waals surface area (Å²) in [4.78, 5) is 0.210. The molecular formula is C17H25ClO3S. The van der Waals surface area contributed by atoms with Crippen LogP contribution >= 0.6 is 11.6 Å². The lowest BCUT2D eigenvalue weighted by atomic mass is 9.71. The maximum Gasteiger partial charge on any atom is 0.297 e. The Kier molecular flexibility index (Phi) is 5.25. The molecule has 0 aromatic heterocycles. The molecule has 3 nitrogen and oxygen atoms in total. The SMILES string of the molecule is Cc1ccc(S(=O)(=O)O[C@@H]2CC[C@@H](C(C)(C)C)[C@H](Cl)C2)cc1. The Balaban J connectivity index is 2.04. The van der Waals surface area contributed by atoms with Crippen LogP contribution in [0.5, 0.6) is 0 Å². The number of hydrogen-bond donors (Lipinski definition) is 0. The Morgan fingerprint density at radius 1 is 1.14 bits per heavy atom. The fourth-order valence-electron chi connectivity index (χ4n) is 3.08. The number of rotatable bonds is 3. The lowest BCUT2D eigenvalue weighted by Gasteiger charge is -2.40. The van der Waals surface area contributed by atoms with Gasteiger partial charge in [0, 0.05) is 5.38 Å². The predicted molar refractivity (Wildman–Crippen MR) is 89.7 cm³/mol. The second-order valence-corrected chi connectivity index (χ2v) is 9.42. The number of benzene rings is 1. The molecule has 0 unspecified atom stereocenters. The van der Waals surface area contributed by atoms with Crippen LogP contribution in [-0.2, 0) is 14.3 Å². The maximum atomic E-state index is 12.3. The lowest BCUT2D eigenvalue weighted by molar-refractivity contribution is 0.0962. The molecule has 0 aliphatic heterocycles. The van der Waals surface area contributed by atoms with Crippen molar-refractivity contribution in [2.45, 2.75) is 63.3 Å². The van der Waals surface area contributed by atoms with Crippen molar-refractivity contribution in [3.8, 4) is 0 Å². The van der Waals surface area contributed by atoms with Gasteiger partial charge in [-0.1, -0.05) is 38.5 Å². The molecule has 3 atom stereocenters. The third-order valence-corrected chi connectivity index (χ3v) is 6.27. The molecule has 1 aliphatic carbocycles. The first kappa shape index (κ1) is 17.8. The fraction of sp³-hybridized carbons (Fsp3) is 0.647. The highest BCUT2D eigenvalue weighted by molar-refractivity contribution is 7.86. The van der Waals surface area contributed by atoms with Gasteiger partial charge in [-0.15, -0.1) is 11.6 Å². The average molecular weight is 345 g/mol. The summed E-state index contributed by atoms with van der Waals surface area (Å²) in [7, 11) is -3.71. The second kappa shape index (κ2) is 6.50. The Bertz CT molecular complexity index is 602. The fourth-order valence-corrected chi connectivity index (χ4v) is 4.90. The highest BCUT2D eigenvalue weighted by Crippen LogP contribution is 2.41. The summed E-state index contributed by atoms with van der Waals surface area (Å²) < 4.78 is 30.1. The van der Waals surface area contributed by atoms with Crippen LogP contribution in [0.3, 0.4) is 0 Å². The first-order valence-corrected chi connectivity index (χ1v) is 9.58. The van der Waals surface area contributed by atoms with Crippen LogP contribution in [0.2, 0.25) is 0 Å². The van der Waals surface area contributed by atoms with E-state index >= 15 is 0 Å². The molecule has 0 radical (unpaired) electrons. The molecule has 124 valence electrons. The average Bonchev–Trinajstić information content (AvgIpc) is 2.37. The van der Waals surface area contributed by atoms with E-state index in [1.807, 2.05) is 6.92 Å². The van der Waals surface area contributed by atoms with Crippen molar-refractivity contribution >= 4 is 21.7 Å². The quantitative estimate of drug-likeness (QED) is 0.598. The zero-order valence-electron chi connectivity index (χ0n) is 13.7. The molecule has 0 N–H and O–H groups in total. The van der Waals surface area contributed by atoms with Crippen molar-refractivity contribution in [3.05, 3.63) is 29.8 Å². The molecule has 0 heterocycles. The minimum atomic E-state index is -3.71. The first-order valence-electron chi connectivity index (χ1n) is 7.73. The largest absolute Gasteiger partial charge is 0.297 e. The second-order valence-electron chi connectivity index (χ2n) is 7.29. The van der Waals surface area contributed by atoms with E-state index < -0.39 is 10.1 Å². The minimum Gasteiger partial charge on any atom is -0.263 e. The topological polar surface area (TPSA) is 43.4 Å². The summed E-state index contributed by atoms with van der Waals surface area (Å²) in [6, 6.07) is 6.72. The summed E-state index contributed by atoms with van der Waals surface area (Å²) >= 11 is 6.48. The molecule has 0 bridgehead atoms. The third-order valence-electron chi connectivity index (χ3n) is 4.41. The molecule has 0 spiro atoms. The van der Waals surface area contributed by atoms with E-state index in [4.69, 9.17) is 15.8 Å². The summed E-state index contributed by atoms with van der Waals surface area (Å²) in [5.41, 5.74) is 1.15. The van der Waals surface area contributed by atoms with E-state index in [0.29, 0.717) is 12.3 Å². The van der Waals surface area contributed by atoms with Crippen molar-refractivity contribution < 1.29 is 12.6 Å². The van der Waals surface area contributed by atoms with E-state index in [0.717, 1.165) is 18.4 Å². The Morgan fingerprint density at radius 2 is 1.73 bits per heavy atom. The van der Waals surface area contributed by atoms with Crippen LogP contribution < -0.4 is 0 Å². The van der Waals surface area contributed by atoms with Crippen LogP contribution in [-0.4, -0.2) is 19.9 Å². The number of aryl methyl sites for hydroxylation is 1. The van der Waals surface area contributed by atoms with Crippen molar-refractivity contribution in [1.29, 1.82) is 0 Å². The van der Waals surface area contributed by atoms with Crippen LogP contribution in [0, 0.1) is 18.3 Å². The predicted octanol–water partition coefficient (Wildman–Crippen LogP) is 4.52. The molecule has 1 fully saturated rings. The van der Waals surface area contributed by atoms with Gasteiger partial charge in [-0.3, -0.25) is 4.18 Å². The number of halogens is 1. The summed E-state index contributed by atoms with van der Waals surface area (Å²) in [6.45, 7) is 8.45. The minimum absolute atomic E-state index is 0.0491. The molecule has 1 aliphatic rings. The number of alkyl halides is 1. The van der Waals surface area contributed by atoms with Gasteiger partial charge in [-0.25, -0.2) is 0 Å². The summed E-state index contributed by atoms with van der Waals surface area (Å²) in [6.07, 6.45) is 1.88. The normalized spacial score (nSPS) is 26.9. The van der Waals surface area contributed by atoms with Gasteiger partial charge in [0.25, 0.3) is 10.1 Å². The van der Waals surface area contributed by atoms with Gasteiger partial charge in [0.2, 0.25) is 0 Å². The van der Waals surface area contributed by atoms with E-state index in [-0.39, 0.29) is 21.8 Å². The molecule has 22 heavy (non-hydrogen) atoms. The molecule has 1 saturated carbocycles. The van der Waals surface area contributed by atoms with E-state index in [1.54, 1.807) is 24.3 Å². The van der Waals surface area contributed by atoms with Crippen LogP contribution in [0.15, 0.2) is 29.2 Å². The van der Waals surface area contributed by atoms with Crippen molar-refractivity contribution in [1.82, 2.24) is 0 Å². The Labute approximate surface area is 139 Å². The Hall–Kier alpha value is -0.580. The lowest BCUT2D eigenvalue weighted by Crippen LogP contribution is -2.38. The van der Waals surface area contributed by atoms with Gasteiger partial charge in [0.05, 0.1) is 11.0 Å². The van der Waals surface area contributed by atoms with Crippen LogP contribution in [0.25, 0.3) is 0 Å². The molecule has 1 aromatic rings. The molecule has 0 saturated heterocycles. The summed E-state index contributed by atoms with van der Waals surface area (Å²) in [5.74, 6) is 0.385. The van der Waals surface area contributed by atoms with E-state index in [9.17, 15) is 8.42 Å². The number of hydrogen-bond acceptors (Lipinski definition) is 3. The van der Waals surface area contributed by atoms with Crippen LogP contribution in [0.4, 0.5) is 0 Å². The van der Waals surface area contributed by atoms with E-state index in [1.165, 1.54) is 0 Å². The molecular weight excluding hydrogens is 320 g/mol. The molecule has 1 aromatic carbocycles. The molecule has 0 amide bonds. The van der Waals surface area contributed by atoms with Crippen molar-refractivity contribution in [2.24, 2.45) is 11.3 Å². The zero-order chi connectivity index (χ0) is 16.5. The summed E-state index contributed by atoms with van der Waals surface area (Å²) in [5, 5.41) is -0.0491. The Morgan fingerprint density at radius 3 is 2.23 bits per heavy atom. The van der Waals surface area contributed by atoms with Gasteiger partial charge in [0.15, 0.2) is 0 Å². The highest BCUT2D eigenvalue weighted by atomic mass is 35.5. The van der Waals surface area contributed by atoms with Crippen LogP contribution in [0.1, 0.15) is 45.6 Å². The monoisotopic (exact) mass is 344 g/mol. The molecule has 5 heteroatoms. The first-order chi connectivity index (χ1) is 10.1. The molecule has 2 rings (SSSR count). The maximum absolute atomic E-state index is 12.3. The highest BCUT2D eigenvalue weighted by Gasteiger charge is 2.38. The standard InChI is InChI=1S/C17H25ClO3S/c1-12-5-8-14(9-6-12)22(19,20)21-13-7-10-15(16(18)11-13)17(2,3)4/h5-6,8-9,13,15-16H,7,10-11H2,1-4H3/t13-,15-,16-/m1/s1. The zero-order valence-corrected chi connectivity index (χ0v) is 15.2. The van der Waals surface area contributed by atoms with Gasteiger partial charge in [0.1, 0.15) is 0 Å². The van der Waals surface area contributed by atoms with Gasteiger partial charge in [-0.2, -0.15) is 8.42 Å².